The lowest BCUT2D eigenvalue weighted by atomic mass is 10.2. The van der Waals surface area contributed by atoms with Crippen LogP contribution < -0.4 is 4.90 Å². The fourth-order valence-electron chi connectivity index (χ4n) is 2.85. The summed E-state index contributed by atoms with van der Waals surface area (Å²) in [7, 11) is -3.27. The number of para-hydroxylation sites is 1. The highest BCUT2D eigenvalue weighted by molar-refractivity contribution is 8.00. The SMILES string of the molecule is CS(=O)(=O)[C@@H]1CSCCN1C(=O)N1CCc2ccccc21. The molecular formula is C14H18N2O3S2. The van der Waals surface area contributed by atoms with Gasteiger partial charge in [0.05, 0.1) is 0 Å². The highest BCUT2D eigenvalue weighted by Crippen LogP contribution is 2.30. The van der Waals surface area contributed by atoms with Gasteiger partial charge in [-0.15, -0.1) is 0 Å². The predicted octanol–water partition coefficient (Wildman–Crippen LogP) is 1.59. The maximum absolute atomic E-state index is 12.8. The number of hydrogen-bond donors (Lipinski definition) is 0. The number of benzene rings is 1. The number of carbonyl (C=O) groups is 1. The van der Waals surface area contributed by atoms with E-state index in [9.17, 15) is 13.2 Å². The van der Waals surface area contributed by atoms with Gasteiger partial charge >= 0.3 is 6.03 Å². The molecule has 2 aliphatic heterocycles. The van der Waals surface area contributed by atoms with Gasteiger partial charge in [-0.1, -0.05) is 18.2 Å². The molecule has 0 spiro atoms. The van der Waals surface area contributed by atoms with E-state index < -0.39 is 15.2 Å². The van der Waals surface area contributed by atoms with Crippen LogP contribution >= 0.6 is 11.8 Å². The smallest absolute Gasteiger partial charge is 0.306 e. The molecule has 1 saturated heterocycles. The van der Waals surface area contributed by atoms with Crippen molar-refractivity contribution in [1.29, 1.82) is 0 Å². The standard InChI is InChI=1S/C14H18N2O3S2/c1-21(18,19)13-10-20-9-8-16(13)14(17)15-7-6-11-4-2-3-5-12(11)15/h2-5,13H,6-10H2,1H3/t13-/m1/s1. The highest BCUT2D eigenvalue weighted by Gasteiger charge is 2.38. The summed E-state index contributed by atoms with van der Waals surface area (Å²) in [5.41, 5.74) is 2.06. The number of urea groups is 1. The van der Waals surface area contributed by atoms with Crippen LogP contribution in [0.3, 0.4) is 0 Å². The average Bonchev–Trinajstić information content (AvgIpc) is 2.89. The number of fused-ring (bicyclic) bond motifs is 1. The quantitative estimate of drug-likeness (QED) is 0.786. The van der Waals surface area contributed by atoms with Crippen molar-refractivity contribution >= 4 is 33.3 Å². The number of nitrogens with zero attached hydrogens (tertiary/aromatic N) is 2. The van der Waals surface area contributed by atoms with Crippen molar-refractivity contribution < 1.29 is 13.2 Å². The molecule has 1 aromatic rings. The molecule has 0 saturated carbocycles. The molecule has 0 aliphatic carbocycles. The Balaban J connectivity index is 1.88. The lowest BCUT2D eigenvalue weighted by Crippen LogP contribution is -2.54. The van der Waals surface area contributed by atoms with Gasteiger partial charge in [-0.25, -0.2) is 13.2 Å². The van der Waals surface area contributed by atoms with E-state index in [1.807, 2.05) is 24.3 Å². The van der Waals surface area contributed by atoms with E-state index in [0.717, 1.165) is 23.4 Å². The molecule has 21 heavy (non-hydrogen) atoms. The van der Waals surface area contributed by atoms with Crippen molar-refractivity contribution in [3.63, 3.8) is 0 Å². The number of sulfone groups is 1. The first-order valence-corrected chi connectivity index (χ1v) is 10.0. The minimum atomic E-state index is -3.27. The van der Waals surface area contributed by atoms with Crippen molar-refractivity contribution in [3.8, 4) is 0 Å². The third-order valence-corrected chi connectivity index (χ3v) is 6.59. The minimum absolute atomic E-state index is 0.185. The highest BCUT2D eigenvalue weighted by atomic mass is 32.2. The number of anilines is 1. The molecule has 1 atom stereocenters. The van der Waals surface area contributed by atoms with Crippen LogP contribution in [0, 0.1) is 0 Å². The number of hydrogen-bond acceptors (Lipinski definition) is 4. The summed E-state index contributed by atoms with van der Waals surface area (Å²) < 4.78 is 23.9. The fourth-order valence-corrected chi connectivity index (χ4v) is 5.66. The molecule has 2 heterocycles. The number of thioether (sulfide) groups is 1. The molecule has 1 fully saturated rings. The summed E-state index contributed by atoms with van der Waals surface area (Å²) in [5.74, 6) is 1.24. The molecule has 0 aromatic heterocycles. The second-order valence-electron chi connectivity index (χ2n) is 5.37. The Morgan fingerprint density at radius 1 is 1.29 bits per heavy atom. The summed E-state index contributed by atoms with van der Waals surface area (Å²) >= 11 is 1.59. The molecular weight excluding hydrogens is 308 g/mol. The van der Waals surface area contributed by atoms with Crippen LogP contribution in [0.5, 0.6) is 0 Å². The van der Waals surface area contributed by atoms with Gasteiger partial charge in [0, 0.05) is 36.5 Å². The molecule has 0 radical (unpaired) electrons. The predicted molar refractivity (Wildman–Crippen MR) is 85.6 cm³/mol. The number of carbonyl (C=O) groups excluding carboxylic acids is 1. The summed E-state index contributed by atoms with van der Waals surface area (Å²) in [5, 5.41) is -0.712. The van der Waals surface area contributed by atoms with Gasteiger partial charge in [0.2, 0.25) is 0 Å². The lowest BCUT2D eigenvalue weighted by Gasteiger charge is -2.36. The molecule has 1 aromatic carbocycles. The zero-order valence-electron chi connectivity index (χ0n) is 11.9. The maximum Gasteiger partial charge on any atom is 0.325 e. The molecule has 114 valence electrons. The number of amides is 2. The lowest BCUT2D eigenvalue weighted by molar-refractivity contribution is 0.204. The Morgan fingerprint density at radius 3 is 2.81 bits per heavy atom. The zero-order valence-corrected chi connectivity index (χ0v) is 13.5. The van der Waals surface area contributed by atoms with Crippen molar-refractivity contribution in [2.24, 2.45) is 0 Å². The molecule has 0 N–H and O–H groups in total. The van der Waals surface area contributed by atoms with Crippen LogP contribution in [0.4, 0.5) is 10.5 Å². The maximum atomic E-state index is 12.8. The van der Waals surface area contributed by atoms with Crippen LogP contribution in [-0.2, 0) is 16.3 Å². The first-order valence-electron chi connectivity index (χ1n) is 6.91. The normalized spacial score (nSPS) is 22.2. The van der Waals surface area contributed by atoms with Gasteiger partial charge in [0.25, 0.3) is 0 Å². The second-order valence-corrected chi connectivity index (χ2v) is 8.72. The van der Waals surface area contributed by atoms with E-state index in [-0.39, 0.29) is 6.03 Å². The van der Waals surface area contributed by atoms with E-state index >= 15 is 0 Å². The fraction of sp³-hybridized carbons (Fsp3) is 0.500. The van der Waals surface area contributed by atoms with Crippen LogP contribution in [0.25, 0.3) is 0 Å². The van der Waals surface area contributed by atoms with E-state index in [4.69, 9.17) is 0 Å². The van der Waals surface area contributed by atoms with Gasteiger partial charge in [-0.2, -0.15) is 11.8 Å². The van der Waals surface area contributed by atoms with E-state index in [2.05, 4.69) is 0 Å². The number of rotatable bonds is 1. The van der Waals surface area contributed by atoms with Crippen LogP contribution in [0.1, 0.15) is 5.56 Å². The topological polar surface area (TPSA) is 57.7 Å². The Hall–Kier alpha value is -1.21. The molecule has 0 unspecified atom stereocenters. The summed E-state index contributed by atoms with van der Waals surface area (Å²) in [6.07, 6.45) is 2.04. The summed E-state index contributed by atoms with van der Waals surface area (Å²) in [6, 6.07) is 7.63. The molecule has 2 amide bonds. The van der Waals surface area contributed by atoms with Gasteiger partial charge in [-0.05, 0) is 18.1 Å². The monoisotopic (exact) mass is 326 g/mol. The van der Waals surface area contributed by atoms with Crippen molar-refractivity contribution in [2.45, 2.75) is 11.8 Å². The van der Waals surface area contributed by atoms with E-state index in [1.165, 1.54) is 11.2 Å². The minimum Gasteiger partial charge on any atom is -0.306 e. The van der Waals surface area contributed by atoms with Crippen molar-refractivity contribution in [3.05, 3.63) is 29.8 Å². The molecule has 5 nitrogen and oxygen atoms in total. The first-order chi connectivity index (χ1) is 9.98. The van der Waals surface area contributed by atoms with Gasteiger partial charge < -0.3 is 4.90 Å². The van der Waals surface area contributed by atoms with Gasteiger partial charge in [0.1, 0.15) is 5.37 Å². The Bertz CT molecular complexity index is 660. The molecule has 2 aliphatic rings. The summed E-state index contributed by atoms with van der Waals surface area (Å²) in [6.45, 7) is 1.11. The zero-order chi connectivity index (χ0) is 15.0. The molecule has 3 rings (SSSR count). The summed E-state index contributed by atoms with van der Waals surface area (Å²) in [4.78, 5) is 16.0. The average molecular weight is 326 g/mol. The van der Waals surface area contributed by atoms with Crippen molar-refractivity contribution in [1.82, 2.24) is 4.90 Å². The third kappa shape index (κ3) is 2.76. The van der Waals surface area contributed by atoms with Crippen LogP contribution in [0.15, 0.2) is 24.3 Å². The Kier molecular flexibility index (Phi) is 3.88. The van der Waals surface area contributed by atoms with E-state index in [0.29, 0.717) is 18.8 Å². The third-order valence-electron chi connectivity index (χ3n) is 3.94. The van der Waals surface area contributed by atoms with Gasteiger partial charge in [0.15, 0.2) is 9.84 Å². The largest absolute Gasteiger partial charge is 0.325 e. The Labute approximate surface area is 129 Å². The van der Waals surface area contributed by atoms with Crippen LogP contribution in [0.2, 0.25) is 0 Å². The Morgan fingerprint density at radius 2 is 2.05 bits per heavy atom. The van der Waals surface area contributed by atoms with E-state index in [1.54, 1.807) is 16.7 Å². The van der Waals surface area contributed by atoms with Crippen molar-refractivity contribution in [2.75, 3.05) is 35.8 Å². The first kappa shape index (κ1) is 14.7. The van der Waals surface area contributed by atoms with Crippen LogP contribution in [-0.4, -0.2) is 55.6 Å². The second kappa shape index (κ2) is 5.53. The van der Waals surface area contributed by atoms with Gasteiger partial charge in [-0.3, -0.25) is 4.90 Å². The molecule has 0 bridgehead atoms. The molecule has 7 heteroatoms.